The number of rotatable bonds is 3. The first-order valence-electron chi connectivity index (χ1n) is 9.35. The maximum atomic E-state index is 12.9. The molecule has 0 spiro atoms. The van der Waals surface area contributed by atoms with Crippen LogP contribution in [0.4, 0.5) is 5.69 Å². The quantitative estimate of drug-likeness (QED) is 0.712. The Kier molecular flexibility index (Phi) is 3.50. The van der Waals surface area contributed by atoms with Gasteiger partial charge >= 0.3 is 0 Å². The van der Waals surface area contributed by atoms with Crippen LogP contribution in [0.3, 0.4) is 0 Å². The van der Waals surface area contributed by atoms with Crippen LogP contribution in [0.5, 0.6) is 0 Å². The molecule has 2 aromatic rings. The second-order valence-corrected chi connectivity index (χ2v) is 10.4. The molecule has 1 amide bonds. The Morgan fingerprint density at radius 2 is 1.92 bits per heavy atom. The summed E-state index contributed by atoms with van der Waals surface area (Å²) in [6, 6.07) is 9.94. The van der Waals surface area contributed by atoms with Crippen molar-refractivity contribution in [2.24, 2.45) is 17.3 Å². The second-order valence-electron chi connectivity index (χ2n) is 8.72. The van der Waals surface area contributed by atoms with Crippen LogP contribution in [0.2, 0.25) is 0 Å². The molecule has 1 aromatic carbocycles. The lowest BCUT2D eigenvalue weighted by molar-refractivity contribution is -0.123. The molecule has 4 bridgehead atoms. The summed E-state index contributed by atoms with van der Waals surface area (Å²) in [5.74, 6) is 1.77. The predicted octanol–water partition coefficient (Wildman–Crippen LogP) is 5.30. The molecule has 1 N–H and O–H groups in total. The number of nitrogens with zero attached hydrogens (tertiary/aromatic N) is 1. The minimum absolute atomic E-state index is 0.149. The number of alkyl halides is 1. The summed E-state index contributed by atoms with van der Waals surface area (Å²) in [6.07, 6.45) is 10.1. The van der Waals surface area contributed by atoms with Crippen LogP contribution in [0, 0.1) is 17.3 Å². The molecule has 1 aromatic heterocycles. The lowest BCUT2D eigenvalue weighted by Gasteiger charge is -2.60. The van der Waals surface area contributed by atoms with Gasteiger partial charge in [-0.2, -0.15) is 0 Å². The van der Waals surface area contributed by atoms with E-state index < -0.39 is 0 Å². The number of amides is 1. The molecule has 4 fully saturated rings. The van der Waals surface area contributed by atoms with Crippen molar-refractivity contribution in [3.63, 3.8) is 0 Å². The van der Waals surface area contributed by atoms with E-state index in [0.717, 1.165) is 34.8 Å². The van der Waals surface area contributed by atoms with Crippen molar-refractivity contribution in [1.29, 1.82) is 0 Å². The third-order valence-corrected chi connectivity index (χ3v) is 7.48. The molecular weight excluding hydrogens is 376 g/mol. The van der Waals surface area contributed by atoms with Gasteiger partial charge in [0.2, 0.25) is 5.91 Å². The van der Waals surface area contributed by atoms with Crippen LogP contribution in [-0.2, 0) is 4.79 Å². The van der Waals surface area contributed by atoms with Gasteiger partial charge in [0.25, 0.3) is 0 Å². The summed E-state index contributed by atoms with van der Waals surface area (Å²) < 4.78 is 0.304. The maximum Gasteiger partial charge on any atom is 0.224 e. The Labute approximate surface area is 156 Å². The summed E-state index contributed by atoms with van der Waals surface area (Å²) >= 11 is 4.04. The zero-order chi connectivity index (χ0) is 17.1. The number of hydrogen-bond acceptors (Lipinski definition) is 2. The molecule has 25 heavy (non-hydrogen) atoms. The van der Waals surface area contributed by atoms with Crippen molar-refractivity contribution in [3.05, 3.63) is 36.5 Å². The van der Waals surface area contributed by atoms with Crippen molar-refractivity contribution < 1.29 is 4.79 Å². The number of carbonyl (C=O) groups is 1. The average molecular weight is 399 g/mol. The standard InChI is InChI=1S/C21H23BrN2O/c22-21-10-14-7-15(11-21)9-20(8-14,13-21)12-18(25)24-17-5-1-3-16-4-2-6-23-19(16)17/h1-6,14-15H,7-13H2,(H,24,25). The minimum atomic E-state index is 0.149. The van der Waals surface area contributed by atoms with Gasteiger partial charge in [-0.05, 0) is 67.9 Å². The Morgan fingerprint density at radius 3 is 2.68 bits per heavy atom. The van der Waals surface area contributed by atoms with Crippen LogP contribution in [0.15, 0.2) is 36.5 Å². The highest BCUT2D eigenvalue weighted by molar-refractivity contribution is 9.10. The molecule has 0 radical (unpaired) electrons. The van der Waals surface area contributed by atoms with Gasteiger partial charge in [-0.3, -0.25) is 9.78 Å². The fourth-order valence-electron chi connectivity index (χ4n) is 6.28. The van der Waals surface area contributed by atoms with E-state index in [1.807, 2.05) is 30.3 Å². The number of hydrogen-bond donors (Lipinski definition) is 1. The van der Waals surface area contributed by atoms with Gasteiger partial charge in [0.1, 0.15) is 0 Å². The molecule has 0 saturated heterocycles. The number of para-hydroxylation sites is 1. The van der Waals surface area contributed by atoms with Crippen LogP contribution in [0.25, 0.3) is 10.9 Å². The van der Waals surface area contributed by atoms with Crippen molar-refractivity contribution in [3.8, 4) is 0 Å². The van der Waals surface area contributed by atoms with Crippen molar-refractivity contribution in [2.45, 2.75) is 49.3 Å². The molecule has 4 aliphatic rings. The summed E-state index contributed by atoms with van der Waals surface area (Å²) in [7, 11) is 0. The topological polar surface area (TPSA) is 42.0 Å². The highest BCUT2D eigenvalue weighted by Gasteiger charge is 2.57. The van der Waals surface area contributed by atoms with E-state index in [1.165, 1.54) is 32.1 Å². The summed E-state index contributed by atoms with van der Waals surface area (Å²) in [6.45, 7) is 0. The van der Waals surface area contributed by atoms with Crippen molar-refractivity contribution >= 4 is 38.4 Å². The maximum absolute atomic E-state index is 12.9. The minimum Gasteiger partial charge on any atom is -0.324 e. The number of anilines is 1. The first kappa shape index (κ1) is 15.8. The number of fused-ring (bicyclic) bond motifs is 1. The fourth-order valence-corrected chi connectivity index (χ4v) is 7.79. The Balaban J connectivity index is 1.37. The van der Waals surface area contributed by atoms with Crippen LogP contribution in [-0.4, -0.2) is 15.2 Å². The van der Waals surface area contributed by atoms with E-state index in [2.05, 4.69) is 26.2 Å². The van der Waals surface area contributed by atoms with Crippen molar-refractivity contribution in [1.82, 2.24) is 4.98 Å². The number of nitrogens with one attached hydrogen (secondary N) is 1. The number of benzene rings is 1. The highest BCUT2D eigenvalue weighted by atomic mass is 79.9. The van der Waals surface area contributed by atoms with Crippen LogP contribution < -0.4 is 5.32 Å². The molecular formula is C21H23BrN2O. The molecule has 130 valence electrons. The third-order valence-electron chi connectivity index (χ3n) is 6.55. The Bertz CT molecular complexity index is 829. The van der Waals surface area contributed by atoms with Gasteiger partial charge in [0.05, 0.1) is 11.2 Å². The third kappa shape index (κ3) is 2.79. The second kappa shape index (κ2) is 5.54. The smallest absolute Gasteiger partial charge is 0.224 e. The molecule has 4 aliphatic carbocycles. The fraction of sp³-hybridized carbons (Fsp3) is 0.524. The van der Waals surface area contributed by atoms with Gasteiger partial charge in [-0.25, -0.2) is 0 Å². The molecule has 6 rings (SSSR count). The van der Waals surface area contributed by atoms with Gasteiger partial charge in [-0.15, -0.1) is 0 Å². The Hall–Kier alpha value is -1.42. The van der Waals surface area contributed by atoms with Gasteiger partial charge in [0, 0.05) is 22.3 Å². The summed E-state index contributed by atoms with van der Waals surface area (Å²) in [5.41, 5.74) is 1.91. The lowest BCUT2D eigenvalue weighted by atomic mass is 9.48. The van der Waals surface area contributed by atoms with Gasteiger partial charge in [0.15, 0.2) is 0 Å². The largest absolute Gasteiger partial charge is 0.324 e. The molecule has 2 atom stereocenters. The zero-order valence-corrected chi connectivity index (χ0v) is 15.9. The normalized spacial score (nSPS) is 35.9. The number of pyridine rings is 1. The molecule has 2 unspecified atom stereocenters. The predicted molar refractivity (Wildman–Crippen MR) is 104 cm³/mol. The van der Waals surface area contributed by atoms with Crippen molar-refractivity contribution in [2.75, 3.05) is 5.32 Å². The molecule has 0 aliphatic heterocycles. The van der Waals surface area contributed by atoms with Gasteiger partial charge < -0.3 is 5.32 Å². The van der Waals surface area contributed by atoms with Crippen LogP contribution >= 0.6 is 15.9 Å². The molecule has 4 heteroatoms. The van der Waals surface area contributed by atoms with Gasteiger partial charge in [-0.1, -0.05) is 34.1 Å². The first-order chi connectivity index (χ1) is 12.0. The monoisotopic (exact) mass is 398 g/mol. The summed E-state index contributed by atoms with van der Waals surface area (Å²) in [5, 5.41) is 4.22. The number of carbonyl (C=O) groups excluding carboxylic acids is 1. The molecule has 1 heterocycles. The summed E-state index contributed by atoms with van der Waals surface area (Å²) in [4.78, 5) is 17.3. The lowest BCUT2D eigenvalue weighted by Crippen LogP contribution is -2.53. The zero-order valence-electron chi connectivity index (χ0n) is 14.3. The Morgan fingerprint density at radius 1 is 1.16 bits per heavy atom. The van der Waals surface area contributed by atoms with E-state index in [0.29, 0.717) is 10.7 Å². The number of halogens is 1. The van der Waals surface area contributed by atoms with E-state index in [4.69, 9.17) is 0 Å². The molecule has 4 saturated carbocycles. The SMILES string of the molecule is O=C(CC12CC3CC(CC(Br)(C3)C1)C2)Nc1cccc2cccnc12. The van der Waals surface area contributed by atoms with E-state index in [-0.39, 0.29) is 11.3 Å². The first-order valence-corrected chi connectivity index (χ1v) is 10.1. The van der Waals surface area contributed by atoms with Crippen LogP contribution in [0.1, 0.15) is 44.9 Å². The highest BCUT2D eigenvalue weighted by Crippen LogP contribution is 2.65. The van der Waals surface area contributed by atoms with E-state index >= 15 is 0 Å². The number of aromatic nitrogens is 1. The average Bonchev–Trinajstić information content (AvgIpc) is 2.52. The van der Waals surface area contributed by atoms with E-state index in [9.17, 15) is 4.79 Å². The molecule has 3 nitrogen and oxygen atoms in total. The van der Waals surface area contributed by atoms with E-state index in [1.54, 1.807) is 6.20 Å².